The number of nitrogens with zero attached hydrogens (tertiary/aromatic N) is 2. The lowest BCUT2D eigenvalue weighted by atomic mass is 10.2. The van der Waals surface area contributed by atoms with Gasteiger partial charge in [-0.15, -0.1) is 0 Å². The summed E-state index contributed by atoms with van der Waals surface area (Å²) in [5, 5.41) is 27.3. The number of phenolic OH excluding ortho intramolecular Hbond substituents is 1. The molecule has 0 saturated carbocycles. The highest BCUT2D eigenvalue weighted by atomic mass is 16.6. The number of hydrogen-bond donors (Lipinski definition) is 3. The first-order valence-corrected chi connectivity index (χ1v) is 7.58. The number of hydrazone groups is 1. The smallest absolute Gasteiger partial charge is 0.315 e. The Hall–Kier alpha value is -3.62. The topological polar surface area (TPSA) is 126 Å². The number of carbonyl (C=O) groups is 1. The number of nitrogens with one attached hydrogen (secondary N) is 2. The van der Waals surface area contributed by atoms with E-state index in [-0.39, 0.29) is 18.2 Å². The monoisotopic (exact) mass is 358 g/mol. The van der Waals surface area contributed by atoms with Gasteiger partial charge in [0.15, 0.2) is 5.75 Å². The van der Waals surface area contributed by atoms with E-state index in [1.165, 1.54) is 19.4 Å². The summed E-state index contributed by atoms with van der Waals surface area (Å²) in [6.45, 7) is 1.96. The molecule has 9 nitrogen and oxygen atoms in total. The van der Waals surface area contributed by atoms with Crippen LogP contribution in [0.5, 0.6) is 11.5 Å². The number of rotatable bonds is 7. The van der Waals surface area contributed by atoms with Crippen molar-refractivity contribution >= 4 is 23.5 Å². The van der Waals surface area contributed by atoms with Crippen molar-refractivity contribution in [2.45, 2.75) is 6.92 Å². The quantitative estimate of drug-likeness (QED) is 0.396. The third-order valence-corrected chi connectivity index (χ3v) is 3.37. The zero-order valence-corrected chi connectivity index (χ0v) is 14.2. The van der Waals surface area contributed by atoms with Gasteiger partial charge in [-0.2, -0.15) is 5.10 Å². The molecule has 0 spiro atoms. The molecular weight excluding hydrogens is 340 g/mol. The van der Waals surface area contributed by atoms with E-state index in [1.54, 1.807) is 0 Å². The minimum Gasteiger partial charge on any atom is -0.500 e. The van der Waals surface area contributed by atoms with Gasteiger partial charge in [0, 0.05) is 17.3 Å². The van der Waals surface area contributed by atoms with Crippen molar-refractivity contribution in [3.63, 3.8) is 0 Å². The predicted molar refractivity (Wildman–Crippen MR) is 96.7 cm³/mol. The third-order valence-electron chi connectivity index (χ3n) is 3.37. The number of nitro groups is 1. The Morgan fingerprint density at radius 2 is 2.15 bits per heavy atom. The summed E-state index contributed by atoms with van der Waals surface area (Å²) in [7, 11) is 1.28. The fourth-order valence-electron chi connectivity index (χ4n) is 2.14. The van der Waals surface area contributed by atoms with E-state index < -0.39 is 16.4 Å². The van der Waals surface area contributed by atoms with Crippen molar-refractivity contribution in [1.29, 1.82) is 0 Å². The second-order valence-electron chi connectivity index (χ2n) is 5.36. The van der Waals surface area contributed by atoms with Crippen LogP contribution in [0.15, 0.2) is 41.5 Å². The summed E-state index contributed by atoms with van der Waals surface area (Å²) in [6.07, 6.45) is 1.22. The van der Waals surface area contributed by atoms with Crippen molar-refractivity contribution in [2.75, 3.05) is 19.0 Å². The summed E-state index contributed by atoms with van der Waals surface area (Å²) >= 11 is 0. The molecule has 1 amide bonds. The first-order chi connectivity index (χ1) is 12.4. The summed E-state index contributed by atoms with van der Waals surface area (Å²) in [4.78, 5) is 22.0. The summed E-state index contributed by atoms with van der Waals surface area (Å²) in [5.41, 5.74) is 3.96. The van der Waals surface area contributed by atoms with Gasteiger partial charge in [0.1, 0.15) is 0 Å². The maximum Gasteiger partial charge on any atom is 0.315 e. The van der Waals surface area contributed by atoms with Crippen molar-refractivity contribution in [2.24, 2.45) is 5.10 Å². The molecular formula is C17H18N4O5. The van der Waals surface area contributed by atoms with Crippen LogP contribution in [0.1, 0.15) is 11.1 Å². The largest absolute Gasteiger partial charge is 0.500 e. The number of aromatic hydroxyl groups is 1. The van der Waals surface area contributed by atoms with Gasteiger partial charge in [-0.3, -0.25) is 14.9 Å². The molecule has 0 aliphatic rings. The normalized spacial score (nSPS) is 10.5. The highest BCUT2D eigenvalue weighted by Crippen LogP contribution is 2.36. The Labute approximate surface area is 149 Å². The number of carbonyl (C=O) groups excluding carboxylic acids is 1. The van der Waals surface area contributed by atoms with E-state index in [0.717, 1.165) is 17.3 Å². The fraction of sp³-hybridized carbons (Fsp3) is 0.176. The molecule has 26 heavy (non-hydrogen) atoms. The zero-order chi connectivity index (χ0) is 19.1. The average molecular weight is 358 g/mol. The molecule has 0 unspecified atom stereocenters. The van der Waals surface area contributed by atoms with E-state index in [2.05, 4.69) is 15.8 Å². The second-order valence-corrected chi connectivity index (χ2v) is 5.36. The zero-order valence-electron chi connectivity index (χ0n) is 14.2. The first-order valence-electron chi connectivity index (χ1n) is 7.58. The van der Waals surface area contributed by atoms with Crippen LogP contribution in [-0.4, -0.2) is 35.8 Å². The molecule has 0 fully saturated rings. The number of methoxy groups -OCH3 is 1. The third kappa shape index (κ3) is 4.94. The van der Waals surface area contributed by atoms with Crippen LogP contribution in [0.2, 0.25) is 0 Å². The number of amides is 1. The van der Waals surface area contributed by atoms with Crippen molar-refractivity contribution in [1.82, 2.24) is 5.43 Å². The fourth-order valence-corrected chi connectivity index (χ4v) is 2.14. The van der Waals surface area contributed by atoms with Crippen LogP contribution in [0.25, 0.3) is 0 Å². The molecule has 0 bridgehead atoms. The number of anilines is 1. The number of benzene rings is 2. The van der Waals surface area contributed by atoms with Gasteiger partial charge in [-0.1, -0.05) is 12.1 Å². The van der Waals surface area contributed by atoms with Gasteiger partial charge >= 0.3 is 5.69 Å². The second kappa shape index (κ2) is 8.47. The SMILES string of the molecule is COc1cc(C=NNC(=O)CNc2cccc(C)c2)cc([N+](=O)[O-])c1O. The van der Waals surface area contributed by atoms with Crippen LogP contribution in [0.3, 0.4) is 0 Å². The van der Waals surface area contributed by atoms with Crippen LogP contribution in [0.4, 0.5) is 11.4 Å². The number of nitro benzene ring substituents is 1. The molecule has 9 heteroatoms. The molecule has 0 atom stereocenters. The van der Waals surface area contributed by atoms with Crippen LogP contribution >= 0.6 is 0 Å². The van der Waals surface area contributed by atoms with E-state index in [4.69, 9.17) is 4.74 Å². The Balaban J connectivity index is 1.98. The molecule has 0 aliphatic heterocycles. The maximum absolute atomic E-state index is 11.8. The van der Waals surface area contributed by atoms with Crippen molar-refractivity contribution in [3.8, 4) is 11.5 Å². The Bertz CT molecular complexity index is 851. The lowest BCUT2D eigenvalue weighted by Gasteiger charge is -2.06. The van der Waals surface area contributed by atoms with Crippen LogP contribution < -0.4 is 15.5 Å². The van der Waals surface area contributed by atoms with Crippen molar-refractivity contribution in [3.05, 3.63) is 57.6 Å². The molecule has 0 aliphatic carbocycles. The number of ether oxygens (including phenoxy) is 1. The molecule has 0 saturated heterocycles. The van der Waals surface area contributed by atoms with Gasteiger partial charge in [0.05, 0.1) is 24.8 Å². The van der Waals surface area contributed by atoms with E-state index in [1.807, 2.05) is 31.2 Å². The Kier molecular flexibility index (Phi) is 6.10. The predicted octanol–water partition coefficient (Wildman–Crippen LogP) is 2.18. The average Bonchev–Trinajstić information content (AvgIpc) is 2.61. The van der Waals surface area contributed by atoms with Gasteiger partial charge < -0.3 is 15.2 Å². The number of hydrogen-bond acceptors (Lipinski definition) is 7. The van der Waals surface area contributed by atoms with E-state index in [0.29, 0.717) is 5.56 Å². The number of phenols is 1. The summed E-state index contributed by atoms with van der Waals surface area (Å²) in [6, 6.07) is 10.0. The van der Waals surface area contributed by atoms with E-state index in [9.17, 15) is 20.0 Å². The highest BCUT2D eigenvalue weighted by Gasteiger charge is 2.19. The van der Waals surface area contributed by atoms with Gasteiger partial charge in [-0.25, -0.2) is 5.43 Å². The Morgan fingerprint density at radius 3 is 2.81 bits per heavy atom. The molecule has 0 heterocycles. The maximum atomic E-state index is 11.8. The first kappa shape index (κ1) is 18.7. The molecule has 2 aromatic carbocycles. The van der Waals surface area contributed by atoms with E-state index >= 15 is 0 Å². The molecule has 0 aromatic heterocycles. The Morgan fingerprint density at radius 1 is 1.38 bits per heavy atom. The van der Waals surface area contributed by atoms with Crippen LogP contribution in [-0.2, 0) is 4.79 Å². The van der Waals surface area contributed by atoms with Crippen molar-refractivity contribution < 1.29 is 19.6 Å². The standard InChI is InChI=1S/C17H18N4O5/c1-11-4-3-5-13(6-11)18-10-16(22)20-19-9-12-7-14(21(24)25)17(23)15(8-12)26-2/h3-9,18,23H,10H2,1-2H3,(H,20,22). The molecule has 3 N–H and O–H groups in total. The van der Waals surface area contributed by atoms with Gasteiger partial charge in [0.2, 0.25) is 5.75 Å². The molecule has 2 aromatic rings. The van der Waals surface area contributed by atoms with Crippen LogP contribution in [0, 0.1) is 17.0 Å². The molecule has 136 valence electrons. The minimum atomic E-state index is -0.737. The molecule has 0 radical (unpaired) electrons. The number of aryl methyl sites for hydroxylation is 1. The molecule has 2 rings (SSSR count). The lowest BCUT2D eigenvalue weighted by molar-refractivity contribution is -0.386. The summed E-state index contributed by atoms with van der Waals surface area (Å²) < 4.78 is 4.89. The highest BCUT2D eigenvalue weighted by molar-refractivity contribution is 5.86. The van der Waals surface area contributed by atoms with Gasteiger partial charge in [-0.05, 0) is 30.7 Å². The minimum absolute atomic E-state index is 0.0137. The van der Waals surface area contributed by atoms with Gasteiger partial charge in [0.25, 0.3) is 5.91 Å². The lowest BCUT2D eigenvalue weighted by Crippen LogP contribution is -2.25. The summed E-state index contributed by atoms with van der Waals surface area (Å²) in [5.74, 6) is -1.02.